The Kier molecular flexibility index (Phi) is 6.30. The molecule has 1 aromatic rings. The second-order valence-electron chi connectivity index (χ2n) is 7.44. The van der Waals surface area contributed by atoms with Crippen LogP contribution in [-0.2, 0) is 10.0 Å². The number of thioether (sulfide) groups is 1. The number of likely N-dealkylation sites (tertiary alicyclic amines) is 1. The normalized spacial score (nSPS) is 19.8. The van der Waals surface area contributed by atoms with Crippen LogP contribution in [0.1, 0.15) is 55.8 Å². The predicted molar refractivity (Wildman–Crippen MR) is 105 cm³/mol. The van der Waals surface area contributed by atoms with E-state index in [1.807, 2.05) is 11.2 Å². The summed E-state index contributed by atoms with van der Waals surface area (Å²) in [6.07, 6.45) is 7.82. The van der Waals surface area contributed by atoms with Crippen molar-refractivity contribution in [3.63, 3.8) is 0 Å². The quantitative estimate of drug-likeness (QED) is 0.774. The molecule has 1 heterocycles. The first-order valence-electron chi connectivity index (χ1n) is 9.40. The first-order chi connectivity index (χ1) is 12.4. The van der Waals surface area contributed by atoms with Crippen molar-refractivity contribution in [1.82, 2.24) is 9.62 Å². The van der Waals surface area contributed by atoms with Gasteiger partial charge in [-0.3, -0.25) is 4.79 Å². The Bertz CT molecular complexity index is 750. The van der Waals surface area contributed by atoms with Crippen molar-refractivity contribution in [2.45, 2.75) is 61.3 Å². The fourth-order valence-electron chi connectivity index (χ4n) is 3.73. The van der Waals surface area contributed by atoms with E-state index in [4.69, 9.17) is 0 Å². The molecule has 0 bridgehead atoms. The monoisotopic (exact) mass is 396 g/mol. The number of carbonyl (C=O) groups excluding carboxylic acids is 1. The van der Waals surface area contributed by atoms with Crippen molar-refractivity contribution >= 4 is 27.7 Å². The van der Waals surface area contributed by atoms with Crippen LogP contribution in [0.3, 0.4) is 0 Å². The number of hydrogen-bond acceptors (Lipinski definition) is 4. The Labute approximate surface area is 161 Å². The van der Waals surface area contributed by atoms with E-state index in [0.717, 1.165) is 56.5 Å². The van der Waals surface area contributed by atoms with Crippen LogP contribution >= 0.6 is 11.8 Å². The van der Waals surface area contributed by atoms with E-state index in [1.165, 1.54) is 11.8 Å². The van der Waals surface area contributed by atoms with E-state index >= 15 is 0 Å². The van der Waals surface area contributed by atoms with Gasteiger partial charge in [0, 0.05) is 24.0 Å². The minimum Gasteiger partial charge on any atom is -0.339 e. The van der Waals surface area contributed by atoms with Crippen LogP contribution in [0.4, 0.5) is 0 Å². The van der Waals surface area contributed by atoms with E-state index in [1.54, 1.807) is 18.2 Å². The number of carbonyl (C=O) groups is 1. The van der Waals surface area contributed by atoms with Gasteiger partial charge in [0.05, 0.1) is 10.5 Å². The highest BCUT2D eigenvalue weighted by Gasteiger charge is 2.27. The van der Waals surface area contributed by atoms with Crippen LogP contribution in [0.5, 0.6) is 0 Å². The predicted octanol–water partition coefficient (Wildman–Crippen LogP) is 3.50. The minimum atomic E-state index is -3.59. The molecule has 2 fully saturated rings. The summed E-state index contributed by atoms with van der Waals surface area (Å²) < 4.78 is 28.3. The standard InChI is InChI=1S/C19H28N2O3S2/c1-14-9-11-21(12-10-14)19(22)17-13-16(7-8-18(17)25-2)26(23,24)20-15-5-3-4-6-15/h7-8,13-15,20H,3-6,9-12H2,1-2H3. The molecule has 26 heavy (non-hydrogen) atoms. The zero-order valence-electron chi connectivity index (χ0n) is 15.5. The smallest absolute Gasteiger partial charge is 0.255 e. The molecule has 1 saturated carbocycles. The largest absolute Gasteiger partial charge is 0.339 e. The molecule has 0 atom stereocenters. The summed E-state index contributed by atoms with van der Waals surface area (Å²) in [7, 11) is -3.59. The first kappa shape index (κ1) is 19.7. The Morgan fingerprint density at radius 1 is 1.15 bits per heavy atom. The first-order valence-corrected chi connectivity index (χ1v) is 12.1. The van der Waals surface area contributed by atoms with Gasteiger partial charge in [0.15, 0.2) is 0 Å². The zero-order chi connectivity index (χ0) is 18.7. The highest BCUT2D eigenvalue weighted by atomic mass is 32.2. The maximum absolute atomic E-state index is 13.0. The van der Waals surface area contributed by atoms with Crippen molar-refractivity contribution in [2.24, 2.45) is 5.92 Å². The molecule has 1 saturated heterocycles. The van der Waals surface area contributed by atoms with Gasteiger partial charge in [-0.2, -0.15) is 0 Å². The number of benzene rings is 1. The Morgan fingerprint density at radius 2 is 1.81 bits per heavy atom. The highest BCUT2D eigenvalue weighted by molar-refractivity contribution is 7.98. The Balaban J connectivity index is 1.85. The van der Waals surface area contributed by atoms with Gasteiger partial charge in [0.1, 0.15) is 0 Å². The lowest BCUT2D eigenvalue weighted by molar-refractivity contribution is 0.0693. The summed E-state index contributed by atoms with van der Waals surface area (Å²) in [5, 5.41) is 0. The number of amides is 1. The van der Waals surface area contributed by atoms with Gasteiger partial charge in [-0.15, -0.1) is 11.8 Å². The molecular formula is C19H28N2O3S2. The van der Waals surface area contributed by atoms with E-state index < -0.39 is 10.0 Å². The average molecular weight is 397 g/mol. The lowest BCUT2D eigenvalue weighted by Gasteiger charge is -2.31. The molecule has 0 unspecified atom stereocenters. The summed E-state index contributed by atoms with van der Waals surface area (Å²) in [6.45, 7) is 3.69. The van der Waals surface area contributed by atoms with E-state index in [2.05, 4.69) is 11.6 Å². The maximum atomic E-state index is 13.0. The maximum Gasteiger partial charge on any atom is 0.255 e. The van der Waals surface area contributed by atoms with Crippen LogP contribution in [0.15, 0.2) is 28.0 Å². The molecule has 5 nitrogen and oxygen atoms in total. The number of sulfonamides is 1. The van der Waals surface area contributed by atoms with Gasteiger partial charge in [-0.25, -0.2) is 13.1 Å². The highest BCUT2D eigenvalue weighted by Crippen LogP contribution is 2.28. The molecule has 1 aromatic carbocycles. The zero-order valence-corrected chi connectivity index (χ0v) is 17.2. The van der Waals surface area contributed by atoms with Crippen molar-refractivity contribution in [1.29, 1.82) is 0 Å². The van der Waals surface area contributed by atoms with E-state index in [9.17, 15) is 13.2 Å². The summed E-state index contributed by atoms with van der Waals surface area (Å²) in [4.78, 5) is 15.9. The van der Waals surface area contributed by atoms with Crippen LogP contribution in [0.25, 0.3) is 0 Å². The summed E-state index contributed by atoms with van der Waals surface area (Å²) in [5.41, 5.74) is 0.501. The third-order valence-corrected chi connectivity index (χ3v) is 7.77. The lowest BCUT2D eigenvalue weighted by Crippen LogP contribution is -2.38. The van der Waals surface area contributed by atoms with Crippen LogP contribution < -0.4 is 4.72 Å². The number of nitrogens with one attached hydrogen (secondary N) is 1. The summed E-state index contributed by atoms with van der Waals surface area (Å²) in [5.74, 6) is 0.584. The molecule has 0 spiro atoms. The van der Waals surface area contributed by atoms with E-state index in [0.29, 0.717) is 11.5 Å². The van der Waals surface area contributed by atoms with Crippen LogP contribution in [0, 0.1) is 5.92 Å². The van der Waals surface area contributed by atoms with Gasteiger partial charge >= 0.3 is 0 Å². The molecule has 1 aliphatic carbocycles. The molecule has 1 amide bonds. The molecule has 0 aromatic heterocycles. The minimum absolute atomic E-state index is 0.0166. The van der Waals surface area contributed by atoms with Crippen molar-refractivity contribution in [3.8, 4) is 0 Å². The van der Waals surface area contributed by atoms with Gasteiger partial charge in [0.25, 0.3) is 5.91 Å². The van der Waals surface area contributed by atoms with Gasteiger partial charge in [-0.05, 0) is 56.1 Å². The third kappa shape index (κ3) is 4.43. The fourth-order valence-corrected chi connectivity index (χ4v) is 5.64. The third-order valence-electron chi connectivity index (χ3n) is 5.46. The van der Waals surface area contributed by atoms with Gasteiger partial charge in [-0.1, -0.05) is 19.8 Å². The Morgan fingerprint density at radius 3 is 2.42 bits per heavy atom. The lowest BCUT2D eigenvalue weighted by atomic mass is 9.98. The number of rotatable bonds is 5. The molecule has 1 aliphatic heterocycles. The molecule has 3 rings (SSSR count). The second-order valence-corrected chi connectivity index (χ2v) is 10.0. The van der Waals surface area contributed by atoms with Gasteiger partial charge in [0.2, 0.25) is 10.0 Å². The summed E-state index contributed by atoms with van der Waals surface area (Å²) >= 11 is 1.48. The molecule has 7 heteroatoms. The van der Waals surface area contributed by atoms with Crippen molar-refractivity contribution < 1.29 is 13.2 Å². The fraction of sp³-hybridized carbons (Fsp3) is 0.632. The molecule has 144 valence electrons. The van der Waals surface area contributed by atoms with Crippen molar-refractivity contribution in [3.05, 3.63) is 23.8 Å². The van der Waals surface area contributed by atoms with Crippen LogP contribution in [0.2, 0.25) is 0 Å². The Hall–Kier alpha value is -1.05. The molecular weight excluding hydrogens is 368 g/mol. The topological polar surface area (TPSA) is 66.5 Å². The van der Waals surface area contributed by atoms with Gasteiger partial charge < -0.3 is 4.90 Å². The molecule has 1 N–H and O–H groups in total. The van der Waals surface area contributed by atoms with Crippen molar-refractivity contribution in [2.75, 3.05) is 19.3 Å². The number of nitrogens with zero attached hydrogens (tertiary/aromatic N) is 1. The van der Waals surface area contributed by atoms with E-state index in [-0.39, 0.29) is 16.8 Å². The second kappa shape index (κ2) is 8.31. The van der Waals surface area contributed by atoms with Crippen LogP contribution in [-0.4, -0.2) is 44.6 Å². The molecule has 2 aliphatic rings. The SMILES string of the molecule is CSc1ccc(S(=O)(=O)NC2CCCC2)cc1C(=O)N1CCC(C)CC1. The number of hydrogen-bond donors (Lipinski definition) is 1. The molecule has 0 radical (unpaired) electrons. The number of piperidine rings is 1. The average Bonchev–Trinajstić information content (AvgIpc) is 3.13. The summed E-state index contributed by atoms with van der Waals surface area (Å²) in [6, 6.07) is 4.94.